The SMILES string of the molecule is NCC1(C(=O)Nc2ccc(Br)cc2F)CCOCC1. The first-order chi connectivity index (χ1) is 9.07. The van der Waals surface area contributed by atoms with Crippen molar-refractivity contribution < 1.29 is 13.9 Å². The van der Waals surface area contributed by atoms with Crippen LogP contribution in [-0.4, -0.2) is 25.7 Å². The van der Waals surface area contributed by atoms with Crippen LogP contribution in [0.1, 0.15) is 12.8 Å². The van der Waals surface area contributed by atoms with E-state index in [4.69, 9.17) is 10.5 Å². The maximum Gasteiger partial charge on any atom is 0.232 e. The van der Waals surface area contributed by atoms with Crippen molar-refractivity contribution in [3.8, 4) is 0 Å². The molecule has 19 heavy (non-hydrogen) atoms. The van der Waals surface area contributed by atoms with Crippen molar-refractivity contribution in [1.82, 2.24) is 0 Å². The number of ether oxygens (including phenoxy) is 1. The number of halogens is 2. The van der Waals surface area contributed by atoms with Gasteiger partial charge in [-0.15, -0.1) is 0 Å². The Morgan fingerprint density at radius 3 is 2.74 bits per heavy atom. The second-order valence-electron chi connectivity index (χ2n) is 4.68. The predicted octanol–water partition coefficient (Wildman–Crippen LogP) is 2.28. The van der Waals surface area contributed by atoms with E-state index in [1.54, 1.807) is 6.07 Å². The number of nitrogens with two attached hydrogens (primary N) is 1. The zero-order valence-electron chi connectivity index (χ0n) is 10.4. The molecule has 0 unspecified atom stereocenters. The average molecular weight is 331 g/mol. The molecule has 0 atom stereocenters. The molecule has 1 aliphatic rings. The van der Waals surface area contributed by atoms with Gasteiger partial charge in [0.1, 0.15) is 5.82 Å². The summed E-state index contributed by atoms with van der Waals surface area (Å²) in [5.41, 5.74) is 5.26. The number of rotatable bonds is 3. The number of hydrogen-bond donors (Lipinski definition) is 2. The van der Waals surface area contributed by atoms with Gasteiger partial charge in [-0.3, -0.25) is 4.79 Å². The van der Waals surface area contributed by atoms with Gasteiger partial charge in [0, 0.05) is 24.2 Å². The highest BCUT2D eigenvalue weighted by molar-refractivity contribution is 9.10. The summed E-state index contributed by atoms with van der Waals surface area (Å²) >= 11 is 3.17. The van der Waals surface area contributed by atoms with Gasteiger partial charge < -0.3 is 15.8 Å². The maximum absolute atomic E-state index is 13.7. The molecule has 1 aliphatic heterocycles. The zero-order chi connectivity index (χ0) is 13.9. The van der Waals surface area contributed by atoms with Gasteiger partial charge in [0.15, 0.2) is 0 Å². The molecular weight excluding hydrogens is 315 g/mol. The third-order valence-electron chi connectivity index (χ3n) is 3.50. The Morgan fingerprint density at radius 1 is 1.47 bits per heavy atom. The summed E-state index contributed by atoms with van der Waals surface area (Å²) in [6.07, 6.45) is 1.13. The van der Waals surface area contributed by atoms with Crippen molar-refractivity contribution in [1.29, 1.82) is 0 Å². The van der Waals surface area contributed by atoms with Gasteiger partial charge in [-0.05, 0) is 31.0 Å². The van der Waals surface area contributed by atoms with Crippen LogP contribution in [0.5, 0.6) is 0 Å². The molecule has 1 aromatic rings. The lowest BCUT2D eigenvalue weighted by atomic mass is 9.79. The fraction of sp³-hybridized carbons (Fsp3) is 0.462. The molecule has 1 saturated heterocycles. The van der Waals surface area contributed by atoms with Crippen LogP contribution in [0, 0.1) is 11.2 Å². The largest absolute Gasteiger partial charge is 0.381 e. The number of anilines is 1. The van der Waals surface area contributed by atoms with E-state index in [1.807, 2.05) is 0 Å². The minimum absolute atomic E-state index is 0.174. The topological polar surface area (TPSA) is 64.4 Å². The Morgan fingerprint density at radius 2 is 2.16 bits per heavy atom. The molecule has 1 aromatic carbocycles. The van der Waals surface area contributed by atoms with Crippen LogP contribution in [0.15, 0.2) is 22.7 Å². The van der Waals surface area contributed by atoms with Gasteiger partial charge in [0.2, 0.25) is 5.91 Å². The van der Waals surface area contributed by atoms with Crippen LogP contribution < -0.4 is 11.1 Å². The molecule has 2 rings (SSSR count). The fourth-order valence-electron chi connectivity index (χ4n) is 2.13. The molecule has 0 spiro atoms. The van der Waals surface area contributed by atoms with E-state index < -0.39 is 11.2 Å². The van der Waals surface area contributed by atoms with Crippen LogP contribution in [0.2, 0.25) is 0 Å². The Hall–Kier alpha value is -0.980. The van der Waals surface area contributed by atoms with Gasteiger partial charge in [-0.2, -0.15) is 0 Å². The lowest BCUT2D eigenvalue weighted by Gasteiger charge is -2.34. The summed E-state index contributed by atoms with van der Waals surface area (Å²) in [6.45, 7) is 1.25. The molecular formula is C13H16BrFN2O2. The van der Waals surface area contributed by atoms with Crippen LogP contribution in [0.3, 0.4) is 0 Å². The highest BCUT2D eigenvalue weighted by atomic mass is 79.9. The van der Waals surface area contributed by atoms with E-state index in [0.29, 0.717) is 30.5 Å². The molecule has 0 saturated carbocycles. The number of carbonyl (C=O) groups is 1. The molecule has 0 aromatic heterocycles. The van der Waals surface area contributed by atoms with Crippen molar-refractivity contribution in [3.05, 3.63) is 28.5 Å². The summed E-state index contributed by atoms with van der Waals surface area (Å²) in [5.74, 6) is -0.707. The average Bonchev–Trinajstić information content (AvgIpc) is 2.42. The maximum atomic E-state index is 13.7. The summed E-state index contributed by atoms with van der Waals surface area (Å²) < 4.78 is 19.6. The highest BCUT2D eigenvalue weighted by Crippen LogP contribution is 2.31. The summed E-state index contributed by atoms with van der Waals surface area (Å²) in [6, 6.07) is 4.52. The molecule has 3 N–H and O–H groups in total. The van der Waals surface area contributed by atoms with Gasteiger partial charge in [0.25, 0.3) is 0 Å². The molecule has 1 fully saturated rings. The fourth-order valence-corrected chi connectivity index (χ4v) is 2.46. The first-order valence-corrected chi connectivity index (χ1v) is 6.91. The van der Waals surface area contributed by atoms with Gasteiger partial charge >= 0.3 is 0 Å². The lowest BCUT2D eigenvalue weighted by Crippen LogP contribution is -2.46. The molecule has 1 amide bonds. The van der Waals surface area contributed by atoms with E-state index in [9.17, 15) is 9.18 Å². The van der Waals surface area contributed by atoms with Crippen molar-refractivity contribution in [3.63, 3.8) is 0 Å². The number of carbonyl (C=O) groups excluding carboxylic acids is 1. The summed E-state index contributed by atoms with van der Waals surface area (Å²) in [4.78, 5) is 12.3. The van der Waals surface area contributed by atoms with Crippen molar-refractivity contribution >= 4 is 27.5 Å². The van der Waals surface area contributed by atoms with Crippen molar-refractivity contribution in [2.45, 2.75) is 12.8 Å². The zero-order valence-corrected chi connectivity index (χ0v) is 12.0. The monoisotopic (exact) mass is 330 g/mol. The van der Waals surface area contributed by atoms with Crippen molar-refractivity contribution in [2.24, 2.45) is 11.1 Å². The van der Waals surface area contributed by atoms with E-state index in [0.717, 1.165) is 0 Å². The number of hydrogen-bond acceptors (Lipinski definition) is 3. The summed E-state index contributed by atoms with van der Waals surface area (Å²) in [5, 5.41) is 2.63. The van der Waals surface area contributed by atoms with Crippen molar-refractivity contribution in [2.75, 3.05) is 25.1 Å². The van der Waals surface area contributed by atoms with Gasteiger partial charge in [-0.1, -0.05) is 15.9 Å². The molecule has 6 heteroatoms. The third kappa shape index (κ3) is 3.13. The minimum atomic E-state index is -0.655. The van der Waals surface area contributed by atoms with E-state index in [1.165, 1.54) is 12.1 Å². The quantitative estimate of drug-likeness (QED) is 0.893. The lowest BCUT2D eigenvalue weighted by molar-refractivity contribution is -0.130. The van der Waals surface area contributed by atoms with Crippen LogP contribution in [-0.2, 0) is 9.53 Å². The predicted molar refractivity (Wildman–Crippen MR) is 74.3 cm³/mol. The number of nitrogens with one attached hydrogen (secondary N) is 1. The first kappa shape index (κ1) is 14.4. The molecule has 1 heterocycles. The molecule has 104 valence electrons. The minimum Gasteiger partial charge on any atom is -0.381 e. The van der Waals surface area contributed by atoms with E-state index in [2.05, 4.69) is 21.2 Å². The normalized spacial score (nSPS) is 18.1. The Labute approximate surface area is 119 Å². The Kier molecular flexibility index (Phi) is 4.54. The Balaban J connectivity index is 2.15. The first-order valence-electron chi connectivity index (χ1n) is 6.12. The Bertz CT molecular complexity index is 476. The number of amides is 1. The summed E-state index contributed by atoms with van der Waals surface area (Å²) in [7, 11) is 0. The molecule has 4 nitrogen and oxygen atoms in total. The molecule has 0 bridgehead atoms. The van der Waals surface area contributed by atoms with Crippen LogP contribution in [0.25, 0.3) is 0 Å². The highest BCUT2D eigenvalue weighted by Gasteiger charge is 2.39. The second kappa shape index (κ2) is 5.98. The van der Waals surface area contributed by atoms with Gasteiger partial charge in [-0.25, -0.2) is 4.39 Å². The number of benzene rings is 1. The second-order valence-corrected chi connectivity index (χ2v) is 5.59. The van der Waals surface area contributed by atoms with E-state index >= 15 is 0 Å². The molecule has 0 aliphatic carbocycles. The van der Waals surface area contributed by atoms with Gasteiger partial charge in [0.05, 0.1) is 11.1 Å². The van der Waals surface area contributed by atoms with Crippen LogP contribution in [0.4, 0.5) is 10.1 Å². The van der Waals surface area contributed by atoms with E-state index in [-0.39, 0.29) is 18.1 Å². The third-order valence-corrected chi connectivity index (χ3v) is 3.99. The smallest absolute Gasteiger partial charge is 0.232 e. The molecule has 0 radical (unpaired) electrons. The standard InChI is InChI=1S/C13H16BrFN2O2/c14-9-1-2-11(10(15)7-9)17-12(18)13(8-16)3-5-19-6-4-13/h1-2,7H,3-6,8,16H2,(H,17,18). The van der Waals surface area contributed by atoms with Crippen LogP contribution >= 0.6 is 15.9 Å².